The van der Waals surface area contributed by atoms with Gasteiger partial charge in [-0.3, -0.25) is 4.79 Å². The Morgan fingerprint density at radius 2 is 1.97 bits per heavy atom. The first-order valence-electron chi connectivity index (χ1n) is 9.85. The maximum absolute atomic E-state index is 12.3. The van der Waals surface area contributed by atoms with Gasteiger partial charge in [-0.1, -0.05) is 48.5 Å². The van der Waals surface area contributed by atoms with Gasteiger partial charge in [0, 0.05) is 25.6 Å². The number of nitrogens with one attached hydrogen (secondary N) is 2. The fraction of sp³-hybridized carbons (Fsp3) is 0.318. The Kier molecular flexibility index (Phi) is 9.94. The molecule has 1 fully saturated rings. The standard InChI is InChI=1S/C22H25N5O2.2ClH/c28-22(11-20-14-29-10-9-24-20)25-12-19-3-1-2-4-21(19)18-7-5-17(6-8-18)13-27-16-23-15-26-27;;/h1-8,15-16,20,24H,9-14H2,(H,25,28);2*1H. The molecule has 1 atom stereocenters. The minimum absolute atomic E-state index is 0. The van der Waals surface area contributed by atoms with E-state index in [9.17, 15) is 4.79 Å². The van der Waals surface area contributed by atoms with Gasteiger partial charge < -0.3 is 15.4 Å². The van der Waals surface area contributed by atoms with Crippen molar-refractivity contribution in [3.8, 4) is 11.1 Å². The smallest absolute Gasteiger partial charge is 0.221 e. The van der Waals surface area contributed by atoms with Crippen LogP contribution < -0.4 is 10.6 Å². The number of hydrogen-bond donors (Lipinski definition) is 2. The number of carbonyl (C=O) groups is 1. The lowest BCUT2D eigenvalue weighted by Gasteiger charge is -2.23. The molecule has 4 rings (SSSR count). The van der Waals surface area contributed by atoms with Crippen molar-refractivity contribution >= 4 is 30.7 Å². The highest BCUT2D eigenvalue weighted by Crippen LogP contribution is 2.24. The normalized spacial score (nSPS) is 15.4. The Hall–Kier alpha value is -2.45. The molecule has 1 aromatic heterocycles. The lowest BCUT2D eigenvalue weighted by Crippen LogP contribution is -2.44. The van der Waals surface area contributed by atoms with Crippen molar-refractivity contribution in [2.45, 2.75) is 25.6 Å². The van der Waals surface area contributed by atoms with Crippen molar-refractivity contribution in [3.63, 3.8) is 0 Å². The zero-order chi connectivity index (χ0) is 19.9. The van der Waals surface area contributed by atoms with Gasteiger partial charge in [-0.05, 0) is 22.3 Å². The second kappa shape index (κ2) is 12.4. The Morgan fingerprint density at radius 3 is 2.68 bits per heavy atom. The third kappa shape index (κ3) is 7.04. The van der Waals surface area contributed by atoms with E-state index in [0.29, 0.717) is 32.7 Å². The van der Waals surface area contributed by atoms with E-state index in [1.807, 2.05) is 12.1 Å². The molecule has 1 amide bonds. The van der Waals surface area contributed by atoms with E-state index in [-0.39, 0.29) is 36.8 Å². The van der Waals surface area contributed by atoms with Gasteiger partial charge in [0.2, 0.25) is 5.91 Å². The number of halogens is 2. The van der Waals surface area contributed by atoms with Crippen molar-refractivity contribution < 1.29 is 9.53 Å². The summed E-state index contributed by atoms with van der Waals surface area (Å²) in [7, 11) is 0. The van der Waals surface area contributed by atoms with Crippen LogP contribution in [0.2, 0.25) is 0 Å². The van der Waals surface area contributed by atoms with Crippen LogP contribution in [0.15, 0.2) is 61.2 Å². The number of hydrogen-bond acceptors (Lipinski definition) is 5. The van der Waals surface area contributed by atoms with Crippen molar-refractivity contribution in [1.82, 2.24) is 25.4 Å². The molecule has 0 radical (unpaired) electrons. The monoisotopic (exact) mass is 463 g/mol. The predicted molar refractivity (Wildman–Crippen MR) is 125 cm³/mol. The van der Waals surface area contributed by atoms with E-state index in [1.54, 1.807) is 11.0 Å². The molecular weight excluding hydrogens is 437 g/mol. The van der Waals surface area contributed by atoms with Crippen LogP contribution in [-0.4, -0.2) is 46.5 Å². The van der Waals surface area contributed by atoms with E-state index in [4.69, 9.17) is 4.74 Å². The third-order valence-electron chi connectivity index (χ3n) is 5.00. The number of morpholine rings is 1. The van der Waals surface area contributed by atoms with E-state index in [0.717, 1.165) is 28.8 Å². The summed E-state index contributed by atoms with van der Waals surface area (Å²) < 4.78 is 7.21. The molecule has 166 valence electrons. The zero-order valence-electron chi connectivity index (χ0n) is 17.1. The molecule has 2 N–H and O–H groups in total. The average molecular weight is 464 g/mol. The summed E-state index contributed by atoms with van der Waals surface area (Å²) in [5.74, 6) is 0.0333. The number of benzene rings is 2. The quantitative estimate of drug-likeness (QED) is 0.562. The van der Waals surface area contributed by atoms with E-state index >= 15 is 0 Å². The molecule has 2 aromatic carbocycles. The topological polar surface area (TPSA) is 81.1 Å². The van der Waals surface area contributed by atoms with Crippen LogP contribution in [0.1, 0.15) is 17.5 Å². The fourth-order valence-electron chi connectivity index (χ4n) is 3.49. The molecule has 1 unspecified atom stereocenters. The highest BCUT2D eigenvalue weighted by molar-refractivity contribution is 5.85. The van der Waals surface area contributed by atoms with Gasteiger partial charge in [-0.2, -0.15) is 5.10 Å². The lowest BCUT2D eigenvalue weighted by molar-refractivity contribution is -0.122. The van der Waals surface area contributed by atoms with Crippen LogP contribution in [0.3, 0.4) is 0 Å². The molecule has 0 aliphatic carbocycles. The molecule has 31 heavy (non-hydrogen) atoms. The fourth-order valence-corrected chi connectivity index (χ4v) is 3.49. The number of nitrogens with zero attached hydrogens (tertiary/aromatic N) is 3. The van der Waals surface area contributed by atoms with E-state index < -0.39 is 0 Å². The summed E-state index contributed by atoms with van der Waals surface area (Å²) in [6, 6.07) is 16.7. The predicted octanol–water partition coefficient (Wildman–Crippen LogP) is 2.83. The van der Waals surface area contributed by atoms with E-state index in [1.165, 1.54) is 6.33 Å². The third-order valence-corrected chi connectivity index (χ3v) is 5.00. The Labute approximate surface area is 194 Å². The summed E-state index contributed by atoms with van der Waals surface area (Å²) in [6.45, 7) is 3.29. The Balaban J connectivity index is 0.00000171. The minimum Gasteiger partial charge on any atom is -0.378 e. The molecule has 0 saturated carbocycles. The van der Waals surface area contributed by atoms with Gasteiger partial charge in [-0.25, -0.2) is 9.67 Å². The summed E-state index contributed by atoms with van der Waals surface area (Å²) in [5.41, 5.74) is 4.50. The molecule has 0 spiro atoms. The number of carbonyl (C=O) groups excluding carboxylic acids is 1. The first-order valence-corrected chi connectivity index (χ1v) is 9.85. The molecule has 9 heteroatoms. The number of rotatable bonds is 7. The second-order valence-electron chi connectivity index (χ2n) is 7.15. The largest absolute Gasteiger partial charge is 0.378 e. The molecule has 2 heterocycles. The van der Waals surface area contributed by atoms with Crippen molar-refractivity contribution in [2.24, 2.45) is 0 Å². The van der Waals surface area contributed by atoms with Crippen LogP contribution in [0.25, 0.3) is 11.1 Å². The first kappa shape index (κ1) is 24.8. The second-order valence-corrected chi connectivity index (χ2v) is 7.15. The number of amides is 1. The molecule has 1 aliphatic rings. The van der Waals surface area contributed by atoms with Crippen LogP contribution in [0, 0.1) is 0 Å². The minimum atomic E-state index is 0. The zero-order valence-corrected chi connectivity index (χ0v) is 18.7. The molecule has 7 nitrogen and oxygen atoms in total. The van der Waals surface area contributed by atoms with Crippen LogP contribution >= 0.6 is 24.8 Å². The average Bonchev–Trinajstić information content (AvgIpc) is 3.27. The summed E-state index contributed by atoms with van der Waals surface area (Å²) in [5, 5.41) is 10.5. The van der Waals surface area contributed by atoms with Crippen LogP contribution in [-0.2, 0) is 22.6 Å². The Bertz CT molecular complexity index is 929. The van der Waals surface area contributed by atoms with Crippen molar-refractivity contribution in [2.75, 3.05) is 19.8 Å². The van der Waals surface area contributed by atoms with Crippen molar-refractivity contribution in [3.05, 3.63) is 72.3 Å². The molecule has 1 saturated heterocycles. The number of aromatic nitrogens is 3. The van der Waals surface area contributed by atoms with Gasteiger partial charge in [0.1, 0.15) is 12.7 Å². The van der Waals surface area contributed by atoms with Crippen LogP contribution in [0.5, 0.6) is 0 Å². The summed E-state index contributed by atoms with van der Waals surface area (Å²) >= 11 is 0. The van der Waals surface area contributed by atoms with E-state index in [2.05, 4.69) is 57.1 Å². The lowest BCUT2D eigenvalue weighted by atomic mass is 9.98. The van der Waals surface area contributed by atoms with Gasteiger partial charge in [-0.15, -0.1) is 24.8 Å². The van der Waals surface area contributed by atoms with Crippen LogP contribution in [0.4, 0.5) is 0 Å². The summed E-state index contributed by atoms with van der Waals surface area (Å²) in [4.78, 5) is 16.3. The highest BCUT2D eigenvalue weighted by Gasteiger charge is 2.17. The SMILES string of the molecule is Cl.Cl.O=C(CC1COCCN1)NCc1ccccc1-c1ccc(Cn2cncn2)cc1. The number of ether oxygens (including phenoxy) is 1. The van der Waals surface area contributed by atoms with Crippen molar-refractivity contribution in [1.29, 1.82) is 0 Å². The molecular formula is C22H27Cl2N5O2. The Morgan fingerprint density at radius 1 is 1.16 bits per heavy atom. The maximum Gasteiger partial charge on any atom is 0.221 e. The van der Waals surface area contributed by atoms with Gasteiger partial charge in [0.15, 0.2) is 0 Å². The maximum atomic E-state index is 12.3. The highest BCUT2D eigenvalue weighted by atomic mass is 35.5. The first-order chi connectivity index (χ1) is 14.3. The molecule has 1 aliphatic heterocycles. The van der Waals surface area contributed by atoms with Gasteiger partial charge >= 0.3 is 0 Å². The molecule has 3 aromatic rings. The molecule has 0 bridgehead atoms. The summed E-state index contributed by atoms with van der Waals surface area (Å²) in [6.07, 6.45) is 3.68. The van der Waals surface area contributed by atoms with Gasteiger partial charge in [0.05, 0.1) is 19.8 Å². The van der Waals surface area contributed by atoms with Gasteiger partial charge in [0.25, 0.3) is 0 Å².